The number of carbonyl (C=O) groups is 1. The van der Waals surface area contributed by atoms with Gasteiger partial charge >= 0.3 is 0 Å². The van der Waals surface area contributed by atoms with Gasteiger partial charge in [0, 0.05) is 5.92 Å². The third kappa shape index (κ3) is 3.47. The number of hydrazine groups is 1. The second-order valence-electron chi connectivity index (χ2n) is 3.56. The van der Waals surface area contributed by atoms with Gasteiger partial charge in [-0.3, -0.25) is 15.6 Å². The minimum atomic E-state index is -0.0223. The van der Waals surface area contributed by atoms with Crippen LogP contribution in [0.25, 0.3) is 0 Å². The highest BCUT2D eigenvalue weighted by Gasteiger charge is 2.22. The van der Waals surface area contributed by atoms with Crippen LogP contribution in [-0.4, -0.2) is 36.1 Å². The molecule has 14 heavy (non-hydrogen) atoms. The summed E-state index contributed by atoms with van der Waals surface area (Å²) < 4.78 is 0. The van der Waals surface area contributed by atoms with Crippen molar-refractivity contribution < 1.29 is 4.79 Å². The Labute approximate surface area is 89.0 Å². The maximum atomic E-state index is 11.5. The summed E-state index contributed by atoms with van der Waals surface area (Å²) in [6.07, 6.45) is 1.78. The Hall–Kier alpha value is -0.880. The number of nitrogens with two attached hydrogens (primary N) is 1. The molecule has 1 amide bonds. The lowest BCUT2D eigenvalue weighted by atomic mass is 9.97. The highest BCUT2D eigenvalue weighted by Crippen LogP contribution is 2.15. The van der Waals surface area contributed by atoms with Crippen molar-refractivity contribution >= 4 is 23.2 Å². The zero-order chi connectivity index (χ0) is 10.6. The van der Waals surface area contributed by atoms with E-state index >= 15 is 0 Å². The van der Waals surface area contributed by atoms with Gasteiger partial charge < -0.3 is 10.6 Å². The summed E-state index contributed by atoms with van der Waals surface area (Å²) in [4.78, 5) is 13.7. The lowest BCUT2D eigenvalue weighted by Crippen LogP contribution is -2.48. The van der Waals surface area contributed by atoms with Crippen LogP contribution in [0.4, 0.5) is 0 Å². The first kappa shape index (κ1) is 11.2. The molecule has 4 N–H and O–H groups in total. The predicted molar refractivity (Wildman–Crippen MR) is 58.3 cm³/mol. The molecule has 0 aromatic rings. The normalized spacial score (nSPS) is 18.9. The van der Waals surface area contributed by atoms with Crippen molar-refractivity contribution in [1.82, 2.24) is 15.8 Å². The Kier molecular flexibility index (Phi) is 4.09. The maximum absolute atomic E-state index is 11.5. The molecule has 0 aromatic carbocycles. The zero-order valence-corrected chi connectivity index (χ0v) is 9.06. The molecule has 1 rings (SSSR count). The van der Waals surface area contributed by atoms with E-state index in [2.05, 4.69) is 35.0 Å². The van der Waals surface area contributed by atoms with Gasteiger partial charge in [0.25, 0.3) is 0 Å². The molecule has 1 fully saturated rings. The number of rotatable bonds is 1. The van der Waals surface area contributed by atoms with Crippen molar-refractivity contribution in [3.05, 3.63) is 0 Å². The number of likely N-dealkylation sites (tertiary alicyclic amines) is 1. The van der Waals surface area contributed by atoms with E-state index in [9.17, 15) is 4.79 Å². The fourth-order valence-electron chi connectivity index (χ4n) is 1.50. The number of hydrogen-bond donors (Lipinski definition) is 3. The molecule has 1 saturated heterocycles. The van der Waals surface area contributed by atoms with Gasteiger partial charge in [0.1, 0.15) is 0 Å². The first-order valence-corrected chi connectivity index (χ1v) is 5.04. The van der Waals surface area contributed by atoms with Crippen LogP contribution in [0.5, 0.6) is 0 Å². The molecule has 0 aliphatic carbocycles. The Bertz CT molecular complexity index is 225. The van der Waals surface area contributed by atoms with E-state index in [1.54, 1.807) is 0 Å². The highest BCUT2D eigenvalue weighted by molar-refractivity contribution is 7.80. The molecule has 0 atom stereocenters. The van der Waals surface area contributed by atoms with Crippen LogP contribution in [0, 0.1) is 5.92 Å². The van der Waals surface area contributed by atoms with Crippen molar-refractivity contribution in [2.75, 3.05) is 20.1 Å². The standard InChI is InChI=1S/C8H16N4OS/c1-12-4-2-6(3-5-12)7(13)10-11-8(9)14/h6H,2-5H2,1H3,(H,10,13)(H3,9,11,14). The van der Waals surface area contributed by atoms with Gasteiger partial charge in [0.05, 0.1) is 0 Å². The molecular weight excluding hydrogens is 200 g/mol. The second kappa shape index (κ2) is 5.11. The van der Waals surface area contributed by atoms with Crippen molar-refractivity contribution in [1.29, 1.82) is 0 Å². The molecule has 1 heterocycles. The third-order valence-electron chi connectivity index (χ3n) is 2.40. The minimum absolute atomic E-state index is 0.0223. The molecular formula is C8H16N4OS. The van der Waals surface area contributed by atoms with Crippen LogP contribution in [0.1, 0.15) is 12.8 Å². The zero-order valence-electron chi connectivity index (χ0n) is 8.25. The fourth-order valence-corrected chi connectivity index (χ4v) is 1.55. The number of hydrogen-bond acceptors (Lipinski definition) is 3. The average Bonchev–Trinajstić information content (AvgIpc) is 2.15. The van der Waals surface area contributed by atoms with Gasteiger partial charge in [-0.2, -0.15) is 0 Å². The van der Waals surface area contributed by atoms with Gasteiger partial charge in [-0.1, -0.05) is 0 Å². The molecule has 5 nitrogen and oxygen atoms in total. The lowest BCUT2D eigenvalue weighted by molar-refractivity contribution is -0.126. The number of amides is 1. The predicted octanol–water partition coefficient (Wildman–Crippen LogP) is -0.807. The summed E-state index contributed by atoms with van der Waals surface area (Å²) in [5, 5.41) is 0.0891. The minimum Gasteiger partial charge on any atom is -0.375 e. The summed E-state index contributed by atoms with van der Waals surface area (Å²) in [6.45, 7) is 1.93. The molecule has 0 radical (unpaired) electrons. The Morgan fingerprint density at radius 3 is 2.50 bits per heavy atom. The topological polar surface area (TPSA) is 70.4 Å². The number of piperidine rings is 1. The highest BCUT2D eigenvalue weighted by atomic mass is 32.1. The van der Waals surface area contributed by atoms with Crippen LogP contribution in [0.2, 0.25) is 0 Å². The third-order valence-corrected chi connectivity index (χ3v) is 2.50. The summed E-state index contributed by atoms with van der Waals surface area (Å²) in [6, 6.07) is 0. The Morgan fingerprint density at radius 1 is 1.43 bits per heavy atom. The Morgan fingerprint density at radius 2 is 2.00 bits per heavy atom. The summed E-state index contributed by atoms with van der Waals surface area (Å²) in [7, 11) is 2.06. The van der Waals surface area contributed by atoms with Gasteiger partial charge in [0.15, 0.2) is 5.11 Å². The lowest BCUT2D eigenvalue weighted by Gasteiger charge is -2.27. The van der Waals surface area contributed by atoms with E-state index in [-0.39, 0.29) is 16.9 Å². The number of carbonyl (C=O) groups excluding carboxylic acids is 1. The molecule has 80 valence electrons. The molecule has 0 unspecified atom stereocenters. The quantitative estimate of drug-likeness (QED) is 0.395. The molecule has 0 spiro atoms. The van der Waals surface area contributed by atoms with Gasteiger partial charge in [0.2, 0.25) is 5.91 Å². The number of thiocarbonyl (C=S) groups is 1. The average molecular weight is 216 g/mol. The van der Waals surface area contributed by atoms with Crippen LogP contribution >= 0.6 is 12.2 Å². The van der Waals surface area contributed by atoms with Crippen molar-refractivity contribution in [2.24, 2.45) is 11.7 Å². The van der Waals surface area contributed by atoms with E-state index in [4.69, 9.17) is 5.73 Å². The van der Waals surface area contributed by atoms with E-state index in [0.717, 1.165) is 25.9 Å². The molecule has 1 aliphatic heterocycles. The maximum Gasteiger partial charge on any atom is 0.241 e. The van der Waals surface area contributed by atoms with Crippen molar-refractivity contribution in [3.8, 4) is 0 Å². The van der Waals surface area contributed by atoms with E-state index in [0.29, 0.717) is 0 Å². The summed E-state index contributed by atoms with van der Waals surface area (Å²) >= 11 is 4.58. The fraction of sp³-hybridized carbons (Fsp3) is 0.750. The summed E-state index contributed by atoms with van der Waals surface area (Å²) in [5.74, 6) is 0.0546. The van der Waals surface area contributed by atoms with Crippen LogP contribution in [-0.2, 0) is 4.79 Å². The summed E-state index contributed by atoms with van der Waals surface area (Å²) in [5.41, 5.74) is 10.1. The first-order valence-electron chi connectivity index (χ1n) is 4.63. The monoisotopic (exact) mass is 216 g/mol. The van der Waals surface area contributed by atoms with E-state index in [1.807, 2.05) is 0 Å². The smallest absolute Gasteiger partial charge is 0.241 e. The van der Waals surface area contributed by atoms with Gasteiger partial charge in [-0.15, -0.1) is 0 Å². The first-order chi connectivity index (χ1) is 6.59. The molecule has 0 aromatic heterocycles. The second-order valence-corrected chi connectivity index (χ2v) is 4.00. The molecule has 0 saturated carbocycles. The van der Waals surface area contributed by atoms with Crippen LogP contribution in [0.15, 0.2) is 0 Å². The van der Waals surface area contributed by atoms with Gasteiger partial charge in [-0.25, -0.2) is 0 Å². The Balaban J connectivity index is 2.27. The SMILES string of the molecule is CN1CCC(C(=O)NNC(N)=S)CC1. The number of nitrogens with zero attached hydrogens (tertiary/aromatic N) is 1. The van der Waals surface area contributed by atoms with Crippen molar-refractivity contribution in [2.45, 2.75) is 12.8 Å². The van der Waals surface area contributed by atoms with Crippen LogP contribution < -0.4 is 16.6 Å². The van der Waals surface area contributed by atoms with Gasteiger partial charge in [-0.05, 0) is 45.2 Å². The number of nitrogens with one attached hydrogen (secondary N) is 2. The molecule has 6 heteroatoms. The van der Waals surface area contributed by atoms with Crippen LogP contribution in [0.3, 0.4) is 0 Å². The molecule has 0 bridgehead atoms. The van der Waals surface area contributed by atoms with E-state index < -0.39 is 0 Å². The molecule has 1 aliphatic rings. The van der Waals surface area contributed by atoms with E-state index in [1.165, 1.54) is 0 Å². The van der Waals surface area contributed by atoms with Crippen molar-refractivity contribution in [3.63, 3.8) is 0 Å². The largest absolute Gasteiger partial charge is 0.375 e.